The Balaban J connectivity index is 1.59. The third kappa shape index (κ3) is 3.71. The van der Waals surface area contributed by atoms with E-state index in [1.54, 1.807) is 13.1 Å². The van der Waals surface area contributed by atoms with Crippen LogP contribution < -0.4 is 10.3 Å². The van der Waals surface area contributed by atoms with Crippen LogP contribution in [0, 0.1) is 0 Å². The molecular formula is C25H20N4O2. The predicted octanol–water partition coefficient (Wildman–Crippen LogP) is 4.34. The minimum absolute atomic E-state index is 0.155. The van der Waals surface area contributed by atoms with E-state index in [1.807, 2.05) is 83.5 Å². The first-order valence-electron chi connectivity index (χ1n) is 9.98. The van der Waals surface area contributed by atoms with Gasteiger partial charge >= 0.3 is 0 Å². The second kappa shape index (κ2) is 7.91. The molecule has 0 fully saturated rings. The summed E-state index contributed by atoms with van der Waals surface area (Å²) in [7, 11) is 1.65. The van der Waals surface area contributed by atoms with E-state index in [-0.39, 0.29) is 5.56 Å². The molecule has 5 aromatic rings. The minimum Gasteiger partial charge on any atom is -0.489 e. The lowest BCUT2D eigenvalue weighted by Gasteiger charge is -2.09. The van der Waals surface area contributed by atoms with Crippen molar-refractivity contribution in [3.63, 3.8) is 0 Å². The highest BCUT2D eigenvalue weighted by Crippen LogP contribution is 2.35. The maximum Gasteiger partial charge on any atom is 0.266 e. The summed E-state index contributed by atoms with van der Waals surface area (Å²) in [6, 6.07) is 27.1. The summed E-state index contributed by atoms with van der Waals surface area (Å²) < 4.78 is 9.18. The molecule has 0 unspecified atom stereocenters. The van der Waals surface area contributed by atoms with Crippen LogP contribution in [0.4, 0.5) is 0 Å². The fourth-order valence-corrected chi connectivity index (χ4v) is 3.56. The average Bonchev–Trinajstić information content (AvgIpc) is 3.20. The van der Waals surface area contributed by atoms with Crippen molar-refractivity contribution in [1.29, 1.82) is 0 Å². The van der Waals surface area contributed by atoms with E-state index in [2.05, 4.69) is 5.10 Å². The van der Waals surface area contributed by atoms with Gasteiger partial charge in [-0.1, -0.05) is 48.5 Å². The molecule has 0 amide bonds. The monoisotopic (exact) mass is 408 g/mol. The van der Waals surface area contributed by atoms with E-state index < -0.39 is 0 Å². The SMILES string of the molecule is Cn1nc(-c2c(-c3cccc(OCc4ccccc4)c3)nn3ccccc23)ccc1=O. The Morgan fingerprint density at radius 3 is 2.55 bits per heavy atom. The van der Waals surface area contributed by atoms with Crippen molar-refractivity contribution >= 4 is 5.52 Å². The first-order chi connectivity index (χ1) is 15.2. The van der Waals surface area contributed by atoms with Crippen molar-refractivity contribution in [2.24, 2.45) is 7.05 Å². The summed E-state index contributed by atoms with van der Waals surface area (Å²) in [5, 5.41) is 9.27. The first kappa shape index (κ1) is 18.8. The van der Waals surface area contributed by atoms with Crippen LogP contribution >= 0.6 is 0 Å². The number of rotatable bonds is 5. The number of hydrogen-bond acceptors (Lipinski definition) is 4. The van der Waals surface area contributed by atoms with Gasteiger partial charge in [0.1, 0.15) is 18.1 Å². The van der Waals surface area contributed by atoms with Gasteiger partial charge in [0.15, 0.2) is 0 Å². The summed E-state index contributed by atoms with van der Waals surface area (Å²) in [4.78, 5) is 11.9. The van der Waals surface area contributed by atoms with Crippen molar-refractivity contribution < 1.29 is 4.74 Å². The Bertz CT molecular complexity index is 1420. The van der Waals surface area contributed by atoms with Gasteiger partial charge in [-0.2, -0.15) is 10.2 Å². The first-order valence-corrected chi connectivity index (χ1v) is 9.98. The van der Waals surface area contributed by atoms with Crippen LogP contribution in [0.5, 0.6) is 5.75 Å². The summed E-state index contributed by atoms with van der Waals surface area (Å²) in [6.07, 6.45) is 1.90. The molecule has 0 saturated heterocycles. The zero-order valence-electron chi connectivity index (χ0n) is 17.0. The fraction of sp³-hybridized carbons (Fsp3) is 0.0800. The third-order valence-electron chi connectivity index (χ3n) is 5.11. The molecule has 5 rings (SSSR count). The molecule has 3 heterocycles. The van der Waals surface area contributed by atoms with Crippen LogP contribution in [0.2, 0.25) is 0 Å². The maximum atomic E-state index is 11.9. The van der Waals surface area contributed by atoms with E-state index in [4.69, 9.17) is 9.84 Å². The van der Waals surface area contributed by atoms with Gasteiger partial charge < -0.3 is 4.74 Å². The van der Waals surface area contributed by atoms with Crippen molar-refractivity contribution in [3.05, 3.63) is 107 Å². The molecular weight excluding hydrogens is 388 g/mol. The molecule has 152 valence electrons. The largest absolute Gasteiger partial charge is 0.489 e. The van der Waals surface area contributed by atoms with Crippen molar-refractivity contribution in [2.75, 3.05) is 0 Å². The zero-order valence-corrected chi connectivity index (χ0v) is 17.0. The third-order valence-corrected chi connectivity index (χ3v) is 5.11. The van der Waals surface area contributed by atoms with Crippen molar-refractivity contribution in [2.45, 2.75) is 6.61 Å². The normalized spacial score (nSPS) is 11.0. The van der Waals surface area contributed by atoms with Crippen LogP contribution in [0.3, 0.4) is 0 Å². The van der Waals surface area contributed by atoms with Crippen LogP contribution in [-0.4, -0.2) is 19.4 Å². The molecule has 0 spiro atoms. The molecule has 3 aromatic heterocycles. The van der Waals surface area contributed by atoms with E-state index >= 15 is 0 Å². The highest BCUT2D eigenvalue weighted by atomic mass is 16.5. The second-order valence-electron chi connectivity index (χ2n) is 7.24. The maximum absolute atomic E-state index is 11.9. The highest BCUT2D eigenvalue weighted by Gasteiger charge is 2.18. The van der Waals surface area contributed by atoms with Crippen LogP contribution in [0.25, 0.3) is 28.0 Å². The number of fused-ring (bicyclic) bond motifs is 1. The molecule has 0 N–H and O–H groups in total. The van der Waals surface area contributed by atoms with Gasteiger partial charge in [-0.25, -0.2) is 9.20 Å². The number of ether oxygens (including phenoxy) is 1. The van der Waals surface area contributed by atoms with Crippen LogP contribution in [0.1, 0.15) is 5.56 Å². The zero-order chi connectivity index (χ0) is 21.2. The summed E-state index contributed by atoms with van der Waals surface area (Å²) in [5.74, 6) is 0.762. The van der Waals surface area contributed by atoms with Gasteiger partial charge in [0, 0.05) is 24.9 Å². The standard InChI is InChI=1S/C25H20N4O2/c1-28-23(30)14-13-21(26-28)24-22-12-5-6-15-29(22)27-25(24)19-10-7-11-20(16-19)31-17-18-8-3-2-4-9-18/h2-16H,17H2,1H3. The number of aryl methyl sites for hydroxylation is 1. The molecule has 0 bridgehead atoms. The lowest BCUT2D eigenvalue weighted by molar-refractivity contribution is 0.306. The number of aromatic nitrogens is 4. The van der Waals surface area contributed by atoms with Crippen LogP contribution in [0.15, 0.2) is 95.9 Å². The highest BCUT2D eigenvalue weighted by molar-refractivity contribution is 5.90. The van der Waals surface area contributed by atoms with E-state index in [1.165, 1.54) is 10.7 Å². The Morgan fingerprint density at radius 2 is 1.71 bits per heavy atom. The second-order valence-corrected chi connectivity index (χ2v) is 7.24. The lowest BCUT2D eigenvalue weighted by atomic mass is 10.0. The Labute approximate surface area is 179 Å². The van der Waals surface area contributed by atoms with Crippen molar-refractivity contribution in [1.82, 2.24) is 19.4 Å². The van der Waals surface area contributed by atoms with Gasteiger partial charge in [0.2, 0.25) is 0 Å². The molecule has 0 atom stereocenters. The number of nitrogens with zero attached hydrogens (tertiary/aromatic N) is 4. The van der Waals surface area contributed by atoms with Gasteiger partial charge in [0.05, 0.1) is 16.8 Å². The average molecular weight is 408 g/mol. The topological polar surface area (TPSA) is 61.4 Å². The number of benzene rings is 2. The number of pyridine rings is 1. The Hall–Kier alpha value is -4.19. The molecule has 31 heavy (non-hydrogen) atoms. The van der Waals surface area contributed by atoms with E-state index in [0.717, 1.165) is 33.7 Å². The number of hydrogen-bond donors (Lipinski definition) is 0. The quantitative estimate of drug-likeness (QED) is 0.434. The summed E-state index contributed by atoms with van der Waals surface area (Å²) in [6.45, 7) is 0.491. The van der Waals surface area contributed by atoms with Gasteiger partial charge in [-0.3, -0.25) is 4.79 Å². The summed E-state index contributed by atoms with van der Waals surface area (Å²) in [5.41, 5.74) is 5.13. The van der Waals surface area contributed by atoms with Crippen LogP contribution in [-0.2, 0) is 13.7 Å². The molecule has 6 heteroatoms. The van der Waals surface area contributed by atoms with Gasteiger partial charge in [0.25, 0.3) is 5.56 Å². The molecule has 6 nitrogen and oxygen atoms in total. The fourth-order valence-electron chi connectivity index (χ4n) is 3.56. The smallest absolute Gasteiger partial charge is 0.266 e. The van der Waals surface area contributed by atoms with E-state index in [9.17, 15) is 4.79 Å². The Kier molecular flexibility index (Phi) is 4.80. The Morgan fingerprint density at radius 1 is 0.871 bits per heavy atom. The van der Waals surface area contributed by atoms with Gasteiger partial charge in [-0.05, 0) is 35.9 Å². The van der Waals surface area contributed by atoms with Gasteiger partial charge in [-0.15, -0.1) is 0 Å². The molecule has 0 radical (unpaired) electrons. The van der Waals surface area contributed by atoms with E-state index in [0.29, 0.717) is 12.3 Å². The molecule has 0 aliphatic carbocycles. The predicted molar refractivity (Wildman–Crippen MR) is 120 cm³/mol. The lowest BCUT2D eigenvalue weighted by Crippen LogP contribution is -2.18. The molecule has 0 aliphatic heterocycles. The molecule has 0 aliphatic rings. The molecule has 0 saturated carbocycles. The summed E-state index contributed by atoms with van der Waals surface area (Å²) >= 11 is 0. The minimum atomic E-state index is -0.155. The molecule has 2 aromatic carbocycles. The van der Waals surface area contributed by atoms with Crippen molar-refractivity contribution in [3.8, 4) is 28.3 Å².